The van der Waals surface area contributed by atoms with Crippen molar-refractivity contribution in [3.05, 3.63) is 12.2 Å². The van der Waals surface area contributed by atoms with Gasteiger partial charge in [0, 0.05) is 12.2 Å². The summed E-state index contributed by atoms with van der Waals surface area (Å²) < 4.78 is 152. The first kappa shape index (κ1) is 23.8. The number of hydrogen-bond donors (Lipinski definition) is 0. The van der Waals surface area contributed by atoms with Crippen molar-refractivity contribution in [1.29, 1.82) is 0 Å². The van der Waals surface area contributed by atoms with Crippen molar-refractivity contribution in [2.75, 3.05) is 0 Å². The third-order valence-corrected chi connectivity index (χ3v) is 2.14. The van der Waals surface area contributed by atoms with Crippen LogP contribution < -0.4 is 0 Å². The molecule has 0 amide bonds. The summed E-state index contributed by atoms with van der Waals surface area (Å²) >= 11 is 0. The van der Waals surface area contributed by atoms with Crippen LogP contribution in [0.5, 0.6) is 0 Å². The number of alkyl halides is 12. The van der Waals surface area contributed by atoms with E-state index >= 15 is 0 Å². The van der Waals surface area contributed by atoms with E-state index in [1.54, 1.807) is 0 Å². The average molecular weight is 416 g/mol. The first-order chi connectivity index (χ1) is 11.4. The molecular formula is C10H4F12O4. The van der Waals surface area contributed by atoms with E-state index < -0.39 is 61.0 Å². The van der Waals surface area contributed by atoms with Gasteiger partial charge in [-0.2, -0.15) is 35.1 Å². The Kier molecular flexibility index (Phi) is 6.98. The van der Waals surface area contributed by atoms with Crippen molar-refractivity contribution in [1.82, 2.24) is 0 Å². The molecule has 0 spiro atoms. The molecule has 0 aromatic heterocycles. The van der Waals surface area contributed by atoms with Gasteiger partial charge in [0.25, 0.3) is 0 Å². The molecule has 0 rings (SSSR count). The van der Waals surface area contributed by atoms with Gasteiger partial charge in [-0.1, -0.05) is 0 Å². The van der Waals surface area contributed by atoms with Crippen molar-refractivity contribution >= 4 is 11.9 Å². The molecule has 152 valence electrons. The number of halogens is 12. The van der Waals surface area contributed by atoms with Gasteiger partial charge >= 0.3 is 48.9 Å². The number of ether oxygens (including phenoxy) is 2. The molecule has 26 heavy (non-hydrogen) atoms. The van der Waals surface area contributed by atoms with E-state index in [0.717, 1.165) is 0 Å². The van der Waals surface area contributed by atoms with Crippen molar-refractivity contribution in [3.8, 4) is 0 Å². The molecule has 4 nitrogen and oxygen atoms in total. The zero-order chi connectivity index (χ0) is 21.1. The first-order valence-corrected chi connectivity index (χ1v) is 5.60. The molecule has 0 N–H and O–H groups in total. The zero-order valence-corrected chi connectivity index (χ0v) is 11.5. The van der Waals surface area contributed by atoms with Crippen LogP contribution in [0.2, 0.25) is 0 Å². The van der Waals surface area contributed by atoms with Crippen LogP contribution >= 0.6 is 0 Å². The molecule has 0 aromatic carbocycles. The minimum absolute atomic E-state index is 0.672. The van der Waals surface area contributed by atoms with Crippen molar-refractivity contribution in [2.24, 2.45) is 0 Å². The Morgan fingerprint density at radius 1 is 0.615 bits per heavy atom. The number of carbonyl (C=O) groups excluding carboxylic acids is 2. The zero-order valence-electron chi connectivity index (χ0n) is 11.5. The normalized spacial score (nSPS) is 14.2. The fourth-order valence-corrected chi connectivity index (χ4v) is 0.847. The van der Waals surface area contributed by atoms with Crippen molar-refractivity contribution < 1.29 is 71.7 Å². The fraction of sp³-hybridized carbons (Fsp3) is 0.600. The van der Waals surface area contributed by atoms with Gasteiger partial charge < -0.3 is 9.47 Å². The lowest BCUT2D eigenvalue weighted by molar-refractivity contribution is -0.358. The molecule has 0 saturated heterocycles. The maximum atomic E-state index is 12.6. The summed E-state index contributed by atoms with van der Waals surface area (Å²) in [6, 6.07) is 0. The Morgan fingerprint density at radius 3 is 1.04 bits per heavy atom. The molecule has 0 heterocycles. The standard InChI is InChI=1S/C10H4F12O4/c11-5(12)7(15,16)9(19,20)25-3(23)1-2-4(24)26-10(21,22)8(17,18)6(13)14/h1-2,5-6H/b2-1-. The molecule has 0 unspecified atom stereocenters. The van der Waals surface area contributed by atoms with E-state index in [2.05, 4.69) is 9.47 Å². The van der Waals surface area contributed by atoms with Gasteiger partial charge in [-0.3, -0.25) is 0 Å². The van der Waals surface area contributed by atoms with Crippen LogP contribution in [0.1, 0.15) is 0 Å². The maximum absolute atomic E-state index is 12.6. The SMILES string of the molecule is O=C(/C=C\C(=O)OC(F)(F)C(F)(F)C(F)F)OC(F)(F)C(F)(F)C(F)F. The fourth-order valence-electron chi connectivity index (χ4n) is 0.847. The van der Waals surface area contributed by atoms with Gasteiger partial charge in [0.1, 0.15) is 0 Å². The molecule has 0 atom stereocenters. The molecule has 0 saturated carbocycles. The lowest BCUT2D eigenvalue weighted by Crippen LogP contribution is -2.49. The summed E-state index contributed by atoms with van der Waals surface area (Å²) in [5.74, 6) is -17.7. The Bertz CT molecular complexity index is 508. The van der Waals surface area contributed by atoms with Gasteiger partial charge in [-0.05, 0) is 0 Å². The van der Waals surface area contributed by atoms with E-state index in [9.17, 15) is 62.3 Å². The van der Waals surface area contributed by atoms with Gasteiger partial charge in [-0.15, -0.1) is 0 Å². The Labute approximate surface area is 134 Å². The summed E-state index contributed by atoms with van der Waals surface area (Å²) in [6.07, 6.45) is -23.6. The second kappa shape index (κ2) is 7.61. The predicted molar refractivity (Wildman–Crippen MR) is 53.1 cm³/mol. The van der Waals surface area contributed by atoms with Crippen LogP contribution in [0.4, 0.5) is 52.7 Å². The monoisotopic (exact) mass is 416 g/mol. The molecule has 0 aliphatic heterocycles. The van der Waals surface area contributed by atoms with Crippen LogP contribution in [0, 0.1) is 0 Å². The summed E-state index contributed by atoms with van der Waals surface area (Å²) in [6.45, 7) is 0. The third-order valence-electron chi connectivity index (χ3n) is 2.14. The van der Waals surface area contributed by atoms with Gasteiger partial charge in [0.2, 0.25) is 0 Å². The Morgan fingerprint density at radius 2 is 0.846 bits per heavy atom. The van der Waals surface area contributed by atoms with Crippen LogP contribution in [-0.2, 0) is 19.1 Å². The molecule has 16 heteroatoms. The highest BCUT2D eigenvalue weighted by Gasteiger charge is 2.67. The second-order valence-electron chi connectivity index (χ2n) is 4.06. The first-order valence-electron chi connectivity index (χ1n) is 5.60. The molecule has 0 fully saturated rings. The molecule has 0 aliphatic carbocycles. The van der Waals surface area contributed by atoms with Crippen molar-refractivity contribution in [2.45, 2.75) is 36.9 Å². The Balaban J connectivity index is 5.03. The van der Waals surface area contributed by atoms with Crippen LogP contribution in [0.25, 0.3) is 0 Å². The van der Waals surface area contributed by atoms with Crippen LogP contribution in [-0.4, -0.2) is 48.9 Å². The summed E-state index contributed by atoms with van der Waals surface area (Å²) in [7, 11) is 0. The minimum Gasteiger partial charge on any atom is -0.393 e. The highest BCUT2D eigenvalue weighted by Crippen LogP contribution is 2.41. The molecular weight excluding hydrogens is 412 g/mol. The van der Waals surface area contributed by atoms with Gasteiger partial charge in [0.15, 0.2) is 0 Å². The summed E-state index contributed by atoms with van der Waals surface area (Å²) in [5, 5.41) is 0. The third kappa shape index (κ3) is 5.17. The minimum atomic E-state index is -6.18. The van der Waals surface area contributed by atoms with E-state index in [1.807, 2.05) is 0 Å². The summed E-state index contributed by atoms with van der Waals surface area (Å²) in [5.41, 5.74) is 0. The second-order valence-corrected chi connectivity index (χ2v) is 4.06. The molecule has 0 aromatic rings. The van der Waals surface area contributed by atoms with E-state index in [-0.39, 0.29) is 0 Å². The highest BCUT2D eigenvalue weighted by atomic mass is 19.4. The smallest absolute Gasteiger partial charge is 0.393 e. The van der Waals surface area contributed by atoms with Gasteiger partial charge in [-0.25, -0.2) is 27.2 Å². The van der Waals surface area contributed by atoms with E-state index in [1.165, 1.54) is 0 Å². The van der Waals surface area contributed by atoms with E-state index in [4.69, 9.17) is 0 Å². The van der Waals surface area contributed by atoms with E-state index in [0.29, 0.717) is 0 Å². The molecule has 0 bridgehead atoms. The number of esters is 2. The van der Waals surface area contributed by atoms with Crippen LogP contribution in [0.3, 0.4) is 0 Å². The average Bonchev–Trinajstić information content (AvgIpc) is 2.43. The number of carbonyl (C=O) groups is 2. The lowest BCUT2D eigenvalue weighted by Gasteiger charge is -2.24. The molecule has 0 aliphatic rings. The highest BCUT2D eigenvalue weighted by molar-refractivity contribution is 5.91. The van der Waals surface area contributed by atoms with Crippen LogP contribution in [0.15, 0.2) is 12.2 Å². The summed E-state index contributed by atoms with van der Waals surface area (Å²) in [4.78, 5) is 21.3. The van der Waals surface area contributed by atoms with Gasteiger partial charge in [0.05, 0.1) is 0 Å². The lowest BCUT2D eigenvalue weighted by atomic mass is 10.3. The number of rotatable bonds is 8. The topological polar surface area (TPSA) is 52.6 Å². The quantitative estimate of drug-likeness (QED) is 0.345. The predicted octanol–water partition coefficient (Wildman–Crippen LogP) is 3.62. The van der Waals surface area contributed by atoms with Crippen molar-refractivity contribution in [3.63, 3.8) is 0 Å². The maximum Gasteiger partial charge on any atom is 0.472 e. The largest absolute Gasteiger partial charge is 0.472 e. The number of hydrogen-bond acceptors (Lipinski definition) is 4. The molecule has 0 radical (unpaired) electrons. The Hall–Kier alpha value is -2.16.